The fraction of sp³-hybridized carbons (Fsp3) is 0.478. The lowest BCUT2D eigenvalue weighted by atomic mass is 9.94. The molecule has 4 heterocycles. The van der Waals surface area contributed by atoms with Gasteiger partial charge in [0.25, 0.3) is 0 Å². The van der Waals surface area contributed by atoms with E-state index in [2.05, 4.69) is 46.9 Å². The van der Waals surface area contributed by atoms with Crippen LogP contribution in [-0.2, 0) is 17.6 Å². The van der Waals surface area contributed by atoms with Crippen LogP contribution < -0.4 is 4.90 Å². The molecule has 3 aromatic rings. The maximum Gasteiger partial charge on any atom is 0.213 e. The van der Waals surface area contributed by atoms with Gasteiger partial charge in [0.05, 0.1) is 12.6 Å². The van der Waals surface area contributed by atoms with E-state index in [-0.39, 0.29) is 11.5 Å². The molecule has 0 radical (unpaired) electrons. The number of anilines is 1. The first-order valence-electron chi connectivity index (χ1n) is 10.8. The lowest BCUT2D eigenvalue weighted by Crippen LogP contribution is -2.25. The Bertz CT molecular complexity index is 1270. The van der Waals surface area contributed by atoms with E-state index in [1.54, 1.807) is 4.80 Å². The van der Waals surface area contributed by atoms with Gasteiger partial charge in [-0.2, -0.15) is 15.0 Å². The summed E-state index contributed by atoms with van der Waals surface area (Å²) in [6.07, 6.45) is 6.12. The van der Waals surface area contributed by atoms with Crippen LogP contribution >= 0.6 is 0 Å². The maximum absolute atomic E-state index is 10.1. The molecule has 0 spiro atoms. The predicted octanol–water partition coefficient (Wildman–Crippen LogP) is 2.76. The number of fused-ring (bicyclic) bond motifs is 1. The van der Waals surface area contributed by atoms with Gasteiger partial charge in [0.1, 0.15) is 5.82 Å². The molecule has 0 unspecified atom stereocenters. The number of aliphatic hydroxyl groups is 1. The first-order chi connectivity index (χ1) is 15.2. The smallest absolute Gasteiger partial charge is 0.213 e. The molecule has 1 fully saturated rings. The molecule has 2 aromatic heterocycles. The fourth-order valence-electron chi connectivity index (χ4n) is 4.06. The lowest BCUT2D eigenvalue weighted by molar-refractivity contribution is 0.198. The van der Waals surface area contributed by atoms with Gasteiger partial charge in [-0.3, -0.25) is 0 Å². The molecule has 1 saturated heterocycles. The molecule has 164 valence electrons. The standard InChI is InChI=1S/C23H26N8O/c1-6-14-8-7-9-17(23(5)28-29-23)16(14)13-31-26-18-19(27-31)24-21(22(2,3)4)25-20(18)30-11-10-15(32)12-30/h1,7-9,15,32H,10-13H2,2-5H3/t15-/m0/s1. The van der Waals surface area contributed by atoms with Crippen LogP contribution in [0.3, 0.4) is 0 Å². The monoisotopic (exact) mass is 430 g/mol. The second kappa shape index (κ2) is 7.07. The zero-order valence-electron chi connectivity index (χ0n) is 18.7. The van der Waals surface area contributed by atoms with Gasteiger partial charge in [-0.25, -0.2) is 9.97 Å². The van der Waals surface area contributed by atoms with Gasteiger partial charge >= 0.3 is 0 Å². The number of rotatable bonds is 4. The van der Waals surface area contributed by atoms with Crippen molar-refractivity contribution in [2.24, 2.45) is 10.2 Å². The SMILES string of the molecule is C#Cc1cccc(C2(C)N=N2)c1Cn1nc2nc(C(C)(C)C)nc(N3CC[C@H](O)C3)c2n1. The number of terminal acetylenes is 1. The van der Waals surface area contributed by atoms with Gasteiger partial charge in [-0.15, -0.1) is 16.6 Å². The van der Waals surface area contributed by atoms with Gasteiger partial charge in [-0.05, 0) is 25.0 Å². The molecule has 0 saturated carbocycles. The minimum atomic E-state index is -0.565. The first kappa shape index (κ1) is 20.5. The van der Waals surface area contributed by atoms with Crippen molar-refractivity contribution in [3.05, 3.63) is 40.7 Å². The normalized spacial score (nSPS) is 19.5. The van der Waals surface area contributed by atoms with Gasteiger partial charge in [0.15, 0.2) is 11.3 Å². The third kappa shape index (κ3) is 3.50. The fourth-order valence-corrected chi connectivity index (χ4v) is 4.06. The molecule has 2 aliphatic heterocycles. The highest BCUT2D eigenvalue weighted by molar-refractivity contribution is 5.82. The Morgan fingerprint density at radius 3 is 2.62 bits per heavy atom. The summed E-state index contributed by atoms with van der Waals surface area (Å²) in [7, 11) is 0. The summed E-state index contributed by atoms with van der Waals surface area (Å²) in [4.78, 5) is 13.2. The molecule has 9 heteroatoms. The number of β-amino-alcohol motifs (C(OH)–C–C–N with tert-alkyl or cyclic N) is 1. The van der Waals surface area contributed by atoms with E-state index in [1.165, 1.54) is 0 Å². The Morgan fingerprint density at radius 1 is 1.22 bits per heavy atom. The summed E-state index contributed by atoms with van der Waals surface area (Å²) in [5.74, 6) is 4.17. The van der Waals surface area contributed by atoms with Crippen LogP contribution in [0.5, 0.6) is 0 Å². The number of nitrogens with zero attached hydrogens (tertiary/aromatic N) is 8. The Morgan fingerprint density at radius 2 is 2.00 bits per heavy atom. The van der Waals surface area contributed by atoms with E-state index in [0.717, 1.165) is 23.2 Å². The second-order valence-corrected chi connectivity index (χ2v) is 9.61. The summed E-state index contributed by atoms with van der Waals surface area (Å²) in [5, 5.41) is 27.9. The highest BCUT2D eigenvalue weighted by atomic mass is 16.3. The zero-order valence-corrected chi connectivity index (χ0v) is 18.7. The summed E-state index contributed by atoms with van der Waals surface area (Å²) in [5.41, 5.74) is 2.99. The van der Waals surface area contributed by atoms with Gasteiger partial charge in [-0.1, -0.05) is 38.8 Å². The summed E-state index contributed by atoms with van der Waals surface area (Å²) in [6, 6.07) is 5.82. The minimum absolute atomic E-state index is 0.252. The number of hydrogen-bond acceptors (Lipinski definition) is 8. The van der Waals surface area contributed by atoms with Crippen molar-refractivity contribution >= 4 is 17.0 Å². The summed E-state index contributed by atoms with van der Waals surface area (Å²) >= 11 is 0. The molecular formula is C23H26N8O. The van der Waals surface area contributed by atoms with E-state index in [1.807, 2.05) is 25.1 Å². The van der Waals surface area contributed by atoms with Crippen LogP contribution in [0.4, 0.5) is 5.82 Å². The third-order valence-corrected chi connectivity index (χ3v) is 5.95. The van der Waals surface area contributed by atoms with Crippen molar-refractivity contribution in [2.45, 2.75) is 57.8 Å². The van der Waals surface area contributed by atoms with Crippen LogP contribution in [0.25, 0.3) is 11.2 Å². The van der Waals surface area contributed by atoms with Gasteiger partial charge in [0, 0.05) is 29.6 Å². The number of aromatic nitrogens is 5. The average molecular weight is 431 g/mol. The van der Waals surface area contributed by atoms with Crippen molar-refractivity contribution < 1.29 is 5.11 Å². The van der Waals surface area contributed by atoms with Crippen molar-refractivity contribution in [3.8, 4) is 12.3 Å². The molecule has 1 aromatic carbocycles. The summed E-state index contributed by atoms with van der Waals surface area (Å²) < 4.78 is 0. The molecule has 9 nitrogen and oxygen atoms in total. The number of benzene rings is 1. The van der Waals surface area contributed by atoms with Crippen LogP contribution in [0.15, 0.2) is 28.4 Å². The molecule has 5 rings (SSSR count). The minimum Gasteiger partial charge on any atom is -0.391 e. The highest BCUT2D eigenvalue weighted by Gasteiger charge is 2.39. The molecule has 1 N–H and O–H groups in total. The average Bonchev–Trinajstić information content (AvgIpc) is 3.15. The van der Waals surface area contributed by atoms with Crippen LogP contribution in [0, 0.1) is 12.3 Å². The largest absolute Gasteiger partial charge is 0.391 e. The second-order valence-electron chi connectivity index (χ2n) is 9.61. The Labute approximate surface area is 186 Å². The molecule has 2 aliphatic rings. The van der Waals surface area contributed by atoms with E-state index in [4.69, 9.17) is 21.5 Å². The molecule has 0 bridgehead atoms. The van der Waals surface area contributed by atoms with Gasteiger partial charge < -0.3 is 10.0 Å². The first-order valence-corrected chi connectivity index (χ1v) is 10.8. The Balaban J connectivity index is 1.61. The molecule has 0 aliphatic carbocycles. The van der Waals surface area contributed by atoms with Crippen LogP contribution in [0.1, 0.15) is 56.6 Å². The van der Waals surface area contributed by atoms with E-state index < -0.39 is 5.66 Å². The third-order valence-electron chi connectivity index (χ3n) is 5.95. The van der Waals surface area contributed by atoms with Crippen LogP contribution in [-0.4, -0.2) is 49.3 Å². The van der Waals surface area contributed by atoms with Crippen molar-refractivity contribution in [1.82, 2.24) is 25.0 Å². The molecular weight excluding hydrogens is 404 g/mol. The highest BCUT2D eigenvalue weighted by Crippen LogP contribution is 2.41. The predicted molar refractivity (Wildman–Crippen MR) is 120 cm³/mol. The topological polar surface area (TPSA) is 105 Å². The van der Waals surface area contributed by atoms with E-state index in [9.17, 15) is 5.11 Å². The number of aliphatic hydroxyl groups excluding tert-OH is 1. The molecule has 1 atom stereocenters. The maximum atomic E-state index is 10.1. The lowest BCUT2D eigenvalue weighted by Gasteiger charge is -2.21. The Kier molecular flexibility index (Phi) is 4.53. The summed E-state index contributed by atoms with van der Waals surface area (Å²) in [6.45, 7) is 9.78. The van der Waals surface area contributed by atoms with Crippen LogP contribution in [0.2, 0.25) is 0 Å². The Hall–Kier alpha value is -3.38. The van der Waals surface area contributed by atoms with Crippen molar-refractivity contribution in [3.63, 3.8) is 0 Å². The van der Waals surface area contributed by atoms with E-state index in [0.29, 0.717) is 42.3 Å². The van der Waals surface area contributed by atoms with Crippen molar-refractivity contribution in [2.75, 3.05) is 18.0 Å². The number of hydrogen-bond donors (Lipinski definition) is 1. The molecule has 32 heavy (non-hydrogen) atoms. The quantitative estimate of drug-likeness (QED) is 0.638. The van der Waals surface area contributed by atoms with E-state index >= 15 is 0 Å². The van der Waals surface area contributed by atoms with Crippen molar-refractivity contribution in [1.29, 1.82) is 0 Å². The molecule has 0 amide bonds. The zero-order chi connectivity index (χ0) is 22.7. The van der Waals surface area contributed by atoms with Gasteiger partial charge in [0.2, 0.25) is 11.3 Å².